The molecule has 2 atom stereocenters. The van der Waals surface area contributed by atoms with Crippen LogP contribution in [-0.2, 0) is 18.2 Å². The van der Waals surface area contributed by atoms with Crippen molar-refractivity contribution in [3.05, 3.63) is 58.9 Å². The molecule has 1 aromatic heterocycles. The van der Waals surface area contributed by atoms with E-state index in [2.05, 4.69) is 36.5 Å². The number of hydrogen-bond acceptors (Lipinski definition) is 4. The first-order valence-electron chi connectivity index (χ1n) is 12.4. The standard InChI is InChI=1S/C28H40N2O4/c1-20-10-12-21(13-11-20)8-6-7-9-25(32)24-15-14-23(30(24)5)22-16-17-28(18-22,19-31)29-26(33)34-27(2,3)4/h10-15,22,31H,6-9,16-19H2,1-5H3,(H,29,33)/t22-,28+/m0/s1. The second-order valence-corrected chi connectivity index (χ2v) is 10.8. The van der Waals surface area contributed by atoms with Gasteiger partial charge in [-0.25, -0.2) is 4.79 Å². The van der Waals surface area contributed by atoms with Gasteiger partial charge in [-0.05, 0) is 83.9 Å². The zero-order valence-electron chi connectivity index (χ0n) is 21.3. The number of alkyl carbamates (subject to hydrolysis) is 1. The maximum Gasteiger partial charge on any atom is 0.408 e. The van der Waals surface area contributed by atoms with E-state index in [-0.39, 0.29) is 18.3 Å². The first-order valence-corrected chi connectivity index (χ1v) is 12.4. The number of ketones is 1. The minimum absolute atomic E-state index is 0.139. The zero-order valence-corrected chi connectivity index (χ0v) is 21.3. The highest BCUT2D eigenvalue weighted by Gasteiger charge is 2.42. The number of benzene rings is 1. The molecule has 1 heterocycles. The van der Waals surface area contributed by atoms with Crippen LogP contribution in [0.25, 0.3) is 0 Å². The van der Waals surface area contributed by atoms with Gasteiger partial charge in [0.1, 0.15) is 5.60 Å². The van der Waals surface area contributed by atoms with E-state index in [4.69, 9.17) is 4.74 Å². The van der Waals surface area contributed by atoms with Crippen LogP contribution in [0.3, 0.4) is 0 Å². The highest BCUT2D eigenvalue weighted by molar-refractivity contribution is 5.94. The van der Waals surface area contributed by atoms with Crippen LogP contribution in [0.4, 0.5) is 4.79 Å². The van der Waals surface area contributed by atoms with Gasteiger partial charge < -0.3 is 19.7 Å². The summed E-state index contributed by atoms with van der Waals surface area (Å²) in [6.07, 6.45) is 4.99. The monoisotopic (exact) mass is 468 g/mol. The Labute approximate surface area is 203 Å². The third-order valence-corrected chi connectivity index (χ3v) is 6.78. The number of aromatic nitrogens is 1. The number of unbranched alkanes of at least 4 members (excludes halogenated alkanes) is 1. The fourth-order valence-electron chi connectivity index (χ4n) is 4.91. The molecule has 1 aliphatic rings. The van der Waals surface area contributed by atoms with Crippen LogP contribution in [0.15, 0.2) is 36.4 Å². The maximum atomic E-state index is 12.9. The molecule has 1 aliphatic carbocycles. The number of rotatable bonds is 9. The molecule has 0 saturated heterocycles. The topological polar surface area (TPSA) is 80.6 Å². The quantitative estimate of drug-likeness (QED) is 0.379. The molecule has 186 valence electrons. The summed E-state index contributed by atoms with van der Waals surface area (Å²) in [6.45, 7) is 7.41. The second kappa shape index (κ2) is 10.8. The molecule has 0 spiro atoms. The first kappa shape index (κ1) is 26.0. The molecular formula is C28H40N2O4. The largest absolute Gasteiger partial charge is 0.444 e. The molecule has 0 radical (unpaired) electrons. The van der Waals surface area contributed by atoms with Gasteiger partial charge >= 0.3 is 6.09 Å². The minimum atomic E-state index is -0.697. The van der Waals surface area contributed by atoms with Crippen molar-refractivity contribution in [2.24, 2.45) is 7.05 Å². The van der Waals surface area contributed by atoms with Crippen LogP contribution in [0.5, 0.6) is 0 Å². The Hall–Kier alpha value is -2.60. The zero-order chi connectivity index (χ0) is 24.9. The number of hydrogen-bond donors (Lipinski definition) is 2. The van der Waals surface area contributed by atoms with E-state index >= 15 is 0 Å². The van der Waals surface area contributed by atoms with E-state index < -0.39 is 17.2 Å². The third-order valence-electron chi connectivity index (χ3n) is 6.78. The van der Waals surface area contributed by atoms with E-state index in [1.807, 2.05) is 44.5 Å². The number of nitrogens with zero attached hydrogens (tertiary/aromatic N) is 1. The predicted octanol–water partition coefficient (Wildman–Crippen LogP) is 5.45. The van der Waals surface area contributed by atoms with Gasteiger partial charge in [0.2, 0.25) is 0 Å². The van der Waals surface area contributed by atoms with Crippen molar-refractivity contribution in [3.63, 3.8) is 0 Å². The average molecular weight is 469 g/mol. The van der Waals surface area contributed by atoms with Crippen molar-refractivity contribution in [1.29, 1.82) is 0 Å². The van der Waals surface area contributed by atoms with Crippen LogP contribution in [0.1, 0.15) is 92.5 Å². The van der Waals surface area contributed by atoms with E-state index in [0.717, 1.165) is 37.1 Å². The number of carbonyl (C=O) groups is 2. The molecule has 1 fully saturated rings. The molecule has 0 bridgehead atoms. The minimum Gasteiger partial charge on any atom is -0.444 e. The van der Waals surface area contributed by atoms with Crippen LogP contribution < -0.4 is 5.32 Å². The number of amides is 1. The summed E-state index contributed by atoms with van der Waals surface area (Å²) in [5, 5.41) is 13.0. The molecule has 6 nitrogen and oxygen atoms in total. The molecular weight excluding hydrogens is 428 g/mol. The van der Waals surface area contributed by atoms with Crippen molar-refractivity contribution < 1.29 is 19.4 Å². The molecule has 0 unspecified atom stereocenters. The van der Waals surface area contributed by atoms with Crippen molar-refractivity contribution in [2.45, 2.75) is 89.7 Å². The first-order chi connectivity index (χ1) is 16.0. The molecule has 1 amide bonds. The summed E-state index contributed by atoms with van der Waals surface area (Å²) in [6, 6.07) is 12.5. The number of ether oxygens (including phenoxy) is 1. The summed E-state index contributed by atoms with van der Waals surface area (Å²) in [4.78, 5) is 25.2. The van der Waals surface area contributed by atoms with Gasteiger partial charge in [0.05, 0.1) is 17.8 Å². The molecule has 3 rings (SSSR count). The van der Waals surface area contributed by atoms with Crippen LogP contribution in [-0.4, -0.2) is 39.3 Å². The number of aliphatic hydroxyl groups is 1. The SMILES string of the molecule is Cc1ccc(CCCCC(=O)c2ccc([C@H]3CC[C@@](CO)(NC(=O)OC(C)(C)C)C3)n2C)cc1. The normalized spacial score (nSPS) is 20.4. The summed E-state index contributed by atoms with van der Waals surface area (Å²) >= 11 is 0. The Bertz CT molecular complexity index is 987. The van der Waals surface area contributed by atoms with Crippen molar-refractivity contribution in [3.8, 4) is 0 Å². The highest BCUT2D eigenvalue weighted by Crippen LogP contribution is 2.41. The van der Waals surface area contributed by atoms with Crippen molar-refractivity contribution >= 4 is 11.9 Å². The van der Waals surface area contributed by atoms with Gasteiger partial charge in [0, 0.05) is 25.1 Å². The van der Waals surface area contributed by atoms with E-state index in [1.54, 1.807) is 0 Å². The predicted molar refractivity (Wildman–Crippen MR) is 134 cm³/mol. The summed E-state index contributed by atoms with van der Waals surface area (Å²) in [5.74, 6) is 0.325. The van der Waals surface area contributed by atoms with Crippen molar-refractivity contribution in [2.75, 3.05) is 6.61 Å². The lowest BCUT2D eigenvalue weighted by molar-refractivity contribution is 0.0401. The van der Waals surface area contributed by atoms with Crippen LogP contribution in [0.2, 0.25) is 0 Å². The van der Waals surface area contributed by atoms with Gasteiger partial charge in [0.15, 0.2) is 5.78 Å². The number of aryl methyl sites for hydroxylation is 2. The Balaban J connectivity index is 1.55. The molecule has 1 aromatic carbocycles. The Morgan fingerprint density at radius 3 is 2.50 bits per heavy atom. The molecule has 0 aliphatic heterocycles. The lowest BCUT2D eigenvalue weighted by Gasteiger charge is -2.30. The van der Waals surface area contributed by atoms with Crippen molar-refractivity contribution in [1.82, 2.24) is 9.88 Å². The average Bonchev–Trinajstić information content (AvgIpc) is 3.35. The second-order valence-electron chi connectivity index (χ2n) is 10.8. The van der Waals surface area contributed by atoms with E-state index in [0.29, 0.717) is 19.3 Å². The van der Waals surface area contributed by atoms with E-state index in [9.17, 15) is 14.7 Å². The number of nitrogens with one attached hydrogen (secondary N) is 1. The van der Waals surface area contributed by atoms with Gasteiger partial charge in [-0.3, -0.25) is 4.79 Å². The Morgan fingerprint density at radius 1 is 1.15 bits per heavy atom. The number of Topliss-reactive ketones (excluding diaryl/α,β-unsaturated/α-hetero) is 1. The third kappa shape index (κ3) is 6.72. The van der Waals surface area contributed by atoms with E-state index in [1.165, 1.54) is 11.1 Å². The molecule has 2 N–H and O–H groups in total. The van der Waals surface area contributed by atoms with Gasteiger partial charge in [-0.2, -0.15) is 0 Å². The van der Waals surface area contributed by atoms with Gasteiger partial charge in [-0.1, -0.05) is 29.8 Å². The summed E-state index contributed by atoms with van der Waals surface area (Å²) in [7, 11) is 1.94. The Morgan fingerprint density at radius 2 is 1.85 bits per heavy atom. The lowest BCUT2D eigenvalue weighted by Crippen LogP contribution is -2.51. The summed E-state index contributed by atoms with van der Waals surface area (Å²) < 4.78 is 7.39. The number of aliphatic hydroxyl groups excluding tert-OH is 1. The fourth-order valence-corrected chi connectivity index (χ4v) is 4.91. The molecule has 34 heavy (non-hydrogen) atoms. The molecule has 6 heteroatoms. The van der Waals surface area contributed by atoms with Crippen LogP contribution >= 0.6 is 0 Å². The fraction of sp³-hybridized carbons (Fsp3) is 0.571. The lowest BCUT2D eigenvalue weighted by atomic mass is 9.95. The number of carbonyl (C=O) groups excluding carboxylic acids is 2. The van der Waals surface area contributed by atoms with Gasteiger partial charge in [0.25, 0.3) is 0 Å². The van der Waals surface area contributed by atoms with Gasteiger partial charge in [-0.15, -0.1) is 0 Å². The Kier molecular flexibility index (Phi) is 8.24. The maximum absolute atomic E-state index is 12.9. The van der Waals surface area contributed by atoms with Crippen LogP contribution in [0, 0.1) is 6.92 Å². The summed E-state index contributed by atoms with van der Waals surface area (Å²) in [5.41, 5.74) is 3.09. The smallest absolute Gasteiger partial charge is 0.408 e. The molecule has 1 saturated carbocycles. The highest BCUT2D eigenvalue weighted by atomic mass is 16.6. The molecule has 2 aromatic rings.